The second-order valence-corrected chi connectivity index (χ2v) is 9.57. The molecule has 0 bridgehead atoms. The summed E-state index contributed by atoms with van der Waals surface area (Å²) in [5, 5.41) is 4.18. The Labute approximate surface area is 223 Å². The van der Waals surface area contributed by atoms with Crippen LogP contribution in [0.25, 0.3) is 5.69 Å². The van der Waals surface area contributed by atoms with Gasteiger partial charge in [0.05, 0.1) is 37.7 Å². The molecule has 2 atom stereocenters. The average molecular weight is 513 g/mol. The first kappa shape index (κ1) is 24.8. The molecule has 0 aliphatic carbocycles. The first-order chi connectivity index (χ1) is 18.0. The van der Waals surface area contributed by atoms with Crippen LogP contribution in [-0.2, 0) is 6.42 Å². The van der Waals surface area contributed by atoms with E-state index in [1.165, 1.54) is 28.2 Å². The van der Waals surface area contributed by atoms with E-state index in [0.717, 1.165) is 29.3 Å². The average Bonchev–Trinajstić information content (AvgIpc) is 3.43. The zero-order valence-corrected chi connectivity index (χ0v) is 22.7. The summed E-state index contributed by atoms with van der Waals surface area (Å²) in [5.41, 5.74) is 7.81. The predicted molar refractivity (Wildman–Crippen MR) is 152 cm³/mol. The Morgan fingerprint density at radius 2 is 1.73 bits per heavy atom. The van der Waals surface area contributed by atoms with Gasteiger partial charge in [-0.2, -0.15) is 0 Å². The molecule has 2 aromatic heterocycles. The second-order valence-electron chi connectivity index (χ2n) is 9.18. The normalized spacial score (nSPS) is 17.1. The lowest BCUT2D eigenvalue weighted by atomic mass is 9.96. The van der Waals surface area contributed by atoms with Gasteiger partial charge in [-0.05, 0) is 80.0 Å². The number of pyridine rings is 1. The molecule has 0 radical (unpaired) electrons. The third-order valence-electron chi connectivity index (χ3n) is 7.15. The lowest BCUT2D eigenvalue weighted by molar-refractivity contribution is 0.403. The molecule has 0 saturated carbocycles. The van der Waals surface area contributed by atoms with Crippen molar-refractivity contribution in [1.29, 1.82) is 0 Å². The fraction of sp³-hybridized carbons (Fsp3) is 0.267. The molecular formula is C30H32N4O2S. The number of hydrogen-bond donors (Lipinski definition) is 1. The number of hydrogen-bond acceptors (Lipinski definition) is 4. The zero-order valence-electron chi connectivity index (χ0n) is 21.9. The molecule has 0 unspecified atom stereocenters. The highest BCUT2D eigenvalue weighted by atomic mass is 32.1. The number of aryl methyl sites for hydroxylation is 2. The number of aromatic nitrogens is 2. The van der Waals surface area contributed by atoms with Crippen molar-refractivity contribution in [1.82, 2.24) is 14.9 Å². The standard InChI is InChI=1S/C30H32N4O2S/c1-6-21-11-7-8-13-25(21)33-19(2)17-23(20(33)3)29-28(24-12-9-10-16-31-24)32-30(37)34(29)26-18-22(35-4)14-15-27(26)36-5/h7-18,28-29H,6H2,1-5H3,(H,32,37)/t28-,29-/m0/s1. The number of methoxy groups -OCH3 is 2. The van der Waals surface area contributed by atoms with Crippen LogP contribution in [0, 0.1) is 13.8 Å². The summed E-state index contributed by atoms with van der Waals surface area (Å²) in [5.74, 6) is 1.46. The number of ether oxygens (including phenoxy) is 2. The molecule has 2 aromatic carbocycles. The second kappa shape index (κ2) is 10.3. The maximum absolute atomic E-state index is 5.96. The predicted octanol–water partition coefficient (Wildman–Crippen LogP) is 6.25. The van der Waals surface area contributed by atoms with E-state index < -0.39 is 0 Å². The van der Waals surface area contributed by atoms with Crippen LogP contribution in [0.4, 0.5) is 5.69 Å². The molecule has 3 heterocycles. The molecular weight excluding hydrogens is 480 g/mol. The minimum absolute atomic E-state index is 0.153. The molecule has 4 aromatic rings. The molecule has 37 heavy (non-hydrogen) atoms. The van der Waals surface area contributed by atoms with Gasteiger partial charge in [0, 0.05) is 29.3 Å². The maximum atomic E-state index is 5.96. The molecule has 6 nitrogen and oxygen atoms in total. The molecule has 0 amide bonds. The summed E-state index contributed by atoms with van der Waals surface area (Å²) in [6.45, 7) is 6.55. The monoisotopic (exact) mass is 512 g/mol. The van der Waals surface area contributed by atoms with Crippen LogP contribution in [-0.4, -0.2) is 28.9 Å². The first-order valence-corrected chi connectivity index (χ1v) is 12.9. The van der Waals surface area contributed by atoms with Gasteiger partial charge >= 0.3 is 0 Å². The van der Waals surface area contributed by atoms with E-state index in [4.69, 9.17) is 26.7 Å². The Kier molecular flexibility index (Phi) is 6.89. The molecule has 190 valence electrons. The Balaban J connectivity index is 1.73. The van der Waals surface area contributed by atoms with Crippen LogP contribution in [0.15, 0.2) is 72.9 Å². The third kappa shape index (κ3) is 4.33. The fourth-order valence-electron chi connectivity index (χ4n) is 5.40. The van der Waals surface area contributed by atoms with Crippen molar-refractivity contribution in [2.75, 3.05) is 19.1 Å². The van der Waals surface area contributed by atoms with Crippen LogP contribution in [0.3, 0.4) is 0 Å². The van der Waals surface area contributed by atoms with Gasteiger partial charge in [-0.15, -0.1) is 0 Å². The van der Waals surface area contributed by atoms with Gasteiger partial charge in [-0.25, -0.2) is 0 Å². The number of rotatable bonds is 7. The molecule has 1 fully saturated rings. The minimum Gasteiger partial charge on any atom is -0.497 e. The number of nitrogens with one attached hydrogen (secondary N) is 1. The van der Waals surface area contributed by atoms with Gasteiger partial charge in [0.15, 0.2) is 5.11 Å². The van der Waals surface area contributed by atoms with Crippen molar-refractivity contribution >= 4 is 23.0 Å². The van der Waals surface area contributed by atoms with E-state index in [-0.39, 0.29) is 12.1 Å². The first-order valence-electron chi connectivity index (χ1n) is 12.5. The van der Waals surface area contributed by atoms with E-state index in [0.29, 0.717) is 5.11 Å². The van der Waals surface area contributed by atoms with E-state index in [2.05, 4.69) is 65.9 Å². The van der Waals surface area contributed by atoms with Crippen molar-refractivity contribution < 1.29 is 9.47 Å². The van der Waals surface area contributed by atoms with Crippen LogP contribution in [0.1, 0.15) is 47.2 Å². The zero-order chi connectivity index (χ0) is 26.1. The lowest BCUT2D eigenvalue weighted by Crippen LogP contribution is -2.30. The van der Waals surface area contributed by atoms with Crippen molar-refractivity contribution in [2.24, 2.45) is 0 Å². The Morgan fingerprint density at radius 1 is 0.946 bits per heavy atom. The molecule has 7 heteroatoms. The largest absolute Gasteiger partial charge is 0.497 e. The van der Waals surface area contributed by atoms with E-state index >= 15 is 0 Å². The molecule has 5 rings (SSSR count). The van der Waals surface area contributed by atoms with Gasteiger partial charge in [0.2, 0.25) is 0 Å². The number of para-hydroxylation sites is 1. The molecule has 1 aliphatic heterocycles. The van der Waals surface area contributed by atoms with Gasteiger partial charge in [0.25, 0.3) is 0 Å². The van der Waals surface area contributed by atoms with Gasteiger partial charge in [-0.1, -0.05) is 31.2 Å². The highest BCUT2D eigenvalue weighted by Crippen LogP contribution is 2.47. The van der Waals surface area contributed by atoms with Gasteiger partial charge < -0.3 is 24.3 Å². The smallest absolute Gasteiger partial charge is 0.174 e. The molecule has 1 aliphatic rings. The Hall–Kier alpha value is -3.84. The molecule has 1 N–H and O–H groups in total. The number of nitrogens with zero attached hydrogens (tertiary/aromatic N) is 3. The highest BCUT2D eigenvalue weighted by Gasteiger charge is 2.43. The molecule has 0 spiro atoms. The van der Waals surface area contributed by atoms with Crippen molar-refractivity contribution in [3.63, 3.8) is 0 Å². The van der Waals surface area contributed by atoms with Crippen molar-refractivity contribution in [3.05, 3.63) is 101 Å². The molecule has 1 saturated heterocycles. The number of thiocarbonyl (C=S) groups is 1. The summed E-state index contributed by atoms with van der Waals surface area (Å²) < 4.78 is 13.7. The third-order valence-corrected chi connectivity index (χ3v) is 7.46. The van der Waals surface area contributed by atoms with E-state index in [1.54, 1.807) is 14.2 Å². The highest BCUT2D eigenvalue weighted by molar-refractivity contribution is 7.80. The fourth-order valence-corrected chi connectivity index (χ4v) is 5.74. The van der Waals surface area contributed by atoms with Gasteiger partial charge in [-0.3, -0.25) is 4.98 Å². The number of benzene rings is 2. The van der Waals surface area contributed by atoms with Crippen molar-refractivity contribution in [3.8, 4) is 17.2 Å². The summed E-state index contributed by atoms with van der Waals surface area (Å²) in [6, 6.07) is 22.3. The van der Waals surface area contributed by atoms with E-state index in [1.807, 2.05) is 42.6 Å². The quantitative estimate of drug-likeness (QED) is 0.296. The summed E-state index contributed by atoms with van der Waals surface area (Å²) in [4.78, 5) is 6.85. The Bertz CT molecular complexity index is 1430. The summed E-state index contributed by atoms with van der Waals surface area (Å²) >= 11 is 5.96. The topological polar surface area (TPSA) is 51.6 Å². The van der Waals surface area contributed by atoms with Crippen LogP contribution in [0.2, 0.25) is 0 Å². The SMILES string of the molecule is CCc1ccccc1-n1c(C)cc([C@H]2[C@H](c3ccccn3)NC(=S)N2c2cc(OC)ccc2OC)c1C. The summed E-state index contributed by atoms with van der Waals surface area (Å²) in [6.07, 6.45) is 2.79. The number of anilines is 1. The summed E-state index contributed by atoms with van der Waals surface area (Å²) in [7, 11) is 3.34. The Morgan fingerprint density at radius 3 is 2.43 bits per heavy atom. The van der Waals surface area contributed by atoms with Gasteiger partial charge in [0.1, 0.15) is 11.5 Å². The minimum atomic E-state index is -0.155. The van der Waals surface area contributed by atoms with Crippen molar-refractivity contribution in [2.45, 2.75) is 39.3 Å². The van der Waals surface area contributed by atoms with E-state index in [9.17, 15) is 0 Å². The van der Waals surface area contributed by atoms with Crippen LogP contribution < -0.4 is 19.7 Å². The van der Waals surface area contributed by atoms with Crippen LogP contribution in [0.5, 0.6) is 11.5 Å². The maximum Gasteiger partial charge on any atom is 0.174 e. The van der Waals surface area contributed by atoms with Crippen LogP contribution >= 0.6 is 12.2 Å². The lowest BCUT2D eigenvalue weighted by Gasteiger charge is -2.29.